The van der Waals surface area contributed by atoms with E-state index >= 15 is 0 Å². The molecule has 0 aromatic rings. The zero-order valence-corrected chi connectivity index (χ0v) is 12.5. The van der Waals surface area contributed by atoms with Crippen molar-refractivity contribution >= 4 is 0 Å². The van der Waals surface area contributed by atoms with Crippen molar-refractivity contribution in [2.45, 2.75) is 64.0 Å². The van der Waals surface area contributed by atoms with Gasteiger partial charge in [-0.25, -0.2) is 0 Å². The Labute approximate surface area is 113 Å². The smallest absolute Gasteiger partial charge is 0.0283 e. The van der Waals surface area contributed by atoms with E-state index in [-0.39, 0.29) is 5.54 Å². The van der Waals surface area contributed by atoms with Crippen molar-refractivity contribution in [2.75, 3.05) is 32.7 Å². The van der Waals surface area contributed by atoms with Gasteiger partial charge in [0.25, 0.3) is 0 Å². The van der Waals surface area contributed by atoms with Crippen molar-refractivity contribution in [3.8, 4) is 0 Å². The van der Waals surface area contributed by atoms with E-state index in [0.717, 1.165) is 6.54 Å². The minimum absolute atomic E-state index is 0.113. The van der Waals surface area contributed by atoms with Crippen LogP contribution in [0.25, 0.3) is 0 Å². The molecule has 18 heavy (non-hydrogen) atoms. The average molecular weight is 253 g/mol. The molecule has 0 aromatic heterocycles. The minimum atomic E-state index is 0.113. The summed E-state index contributed by atoms with van der Waals surface area (Å²) in [5, 5.41) is 0. The molecule has 3 nitrogen and oxygen atoms in total. The van der Waals surface area contributed by atoms with Gasteiger partial charge in [0.05, 0.1) is 0 Å². The molecule has 0 amide bonds. The van der Waals surface area contributed by atoms with Crippen LogP contribution in [0.15, 0.2) is 0 Å². The summed E-state index contributed by atoms with van der Waals surface area (Å²) >= 11 is 0. The molecule has 0 radical (unpaired) electrons. The highest BCUT2D eigenvalue weighted by atomic mass is 15.3. The van der Waals surface area contributed by atoms with Crippen molar-refractivity contribution in [1.82, 2.24) is 9.80 Å². The zero-order chi connectivity index (χ0) is 13.2. The first-order valence-electron chi connectivity index (χ1n) is 7.65. The lowest BCUT2D eigenvalue weighted by Crippen LogP contribution is -2.58. The maximum Gasteiger partial charge on any atom is 0.0283 e. The third-order valence-electron chi connectivity index (χ3n) is 4.71. The molecule has 2 N–H and O–H groups in total. The van der Waals surface area contributed by atoms with E-state index in [2.05, 4.69) is 30.6 Å². The van der Waals surface area contributed by atoms with E-state index in [1.165, 1.54) is 58.3 Å². The van der Waals surface area contributed by atoms with Gasteiger partial charge in [-0.3, -0.25) is 9.80 Å². The Kier molecular flexibility index (Phi) is 4.35. The van der Waals surface area contributed by atoms with Crippen molar-refractivity contribution in [1.29, 1.82) is 0 Å². The Morgan fingerprint density at radius 1 is 0.944 bits per heavy atom. The lowest BCUT2D eigenvalue weighted by atomic mass is 9.82. The highest BCUT2D eigenvalue weighted by molar-refractivity contribution is 4.92. The molecule has 3 heteroatoms. The lowest BCUT2D eigenvalue weighted by Gasteiger charge is -2.45. The molecule has 2 rings (SSSR count). The number of rotatable bonds is 2. The van der Waals surface area contributed by atoms with Crippen LogP contribution in [0.2, 0.25) is 0 Å². The molecular formula is C15H31N3. The van der Waals surface area contributed by atoms with Gasteiger partial charge < -0.3 is 5.73 Å². The second-order valence-corrected chi connectivity index (χ2v) is 7.36. The van der Waals surface area contributed by atoms with Crippen molar-refractivity contribution in [3.63, 3.8) is 0 Å². The summed E-state index contributed by atoms with van der Waals surface area (Å²) in [5.74, 6) is 0. The normalized spacial score (nSPS) is 27.3. The number of piperazine rings is 1. The Morgan fingerprint density at radius 3 is 2.00 bits per heavy atom. The van der Waals surface area contributed by atoms with Gasteiger partial charge in [0, 0.05) is 43.8 Å². The lowest BCUT2D eigenvalue weighted by molar-refractivity contribution is 0.0476. The van der Waals surface area contributed by atoms with Crippen LogP contribution in [0.4, 0.5) is 0 Å². The van der Waals surface area contributed by atoms with Crippen LogP contribution in [-0.2, 0) is 0 Å². The molecule has 2 aliphatic rings. The van der Waals surface area contributed by atoms with Gasteiger partial charge in [-0.2, -0.15) is 0 Å². The van der Waals surface area contributed by atoms with Gasteiger partial charge in [0.15, 0.2) is 0 Å². The molecule has 2 fully saturated rings. The maximum atomic E-state index is 6.56. The second kappa shape index (κ2) is 5.48. The zero-order valence-electron chi connectivity index (χ0n) is 12.5. The quantitative estimate of drug-likeness (QED) is 0.817. The van der Waals surface area contributed by atoms with Crippen molar-refractivity contribution in [3.05, 3.63) is 0 Å². The van der Waals surface area contributed by atoms with E-state index < -0.39 is 0 Å². The second-order valence-electron chi connectivity index (χ2n) is 7.36. The summed E-state index contributed by atoms with van der Waals surface area (Å²) in [4.78, 5) is 5.18. The largest absolute Gasteiger partial charge is 0.324 e. The Bertz CT molecular complexity index is 255. The molecule has 0 bridgehead atoms. The third-order valence-corrected chi connectivity index (χ3v) is 4.71. The first-order valence-corrected chi connectivity index (χ1v) is 7.65. The Balaban J connectivity index is 1.79. The fourth-order valence-electron chi connectivity index (χ4n) is 3.44. The molecule has 1 saturated carbocycles. The standard InChI is InChI=1S/C15H31N3/c1-14(2,3)18-11-9-17(10-12-18)13-15(16)7-5-4-6-8-15/h4-13,16H2,1-3H3. The van der Waals surface area contributed by atoms with E-state index in [1.807, 2.05) is 0 Å². The van der Waals surface area contributed by atoms with Crippen LogP contribution < -0.4 is 5.73 Å². The fraction of sp³-hybridized carbons (Fsp3) is 1.00. The molecule has 1 aliphatic carbocycles. The van der Waals surface area contributed by atoms with Crippen LogP contribution in [-0.4, -0.2) is 53.6 Å². The molecule has 1 aliphatic heterocycles. The molecule has 0 atom stereocenters. The Hall–Kier alpha value is -0.120. The van der Waals surface area contributed by atoms with E-state index in [0.29, 0.717) is 5.54 Å². The topological polar surface area (TPSA) is 32.5 Å². The Morgan fingerprint density at radius 2 is 1.50 bits per heavy atom. The SMILES string of the molecule is CC(C)(C)N1CCN(CC2(N)CCCCC2)CC1. The van der Waals surface area contributed by atoms with E-state index in [1.54, 1.807) is 0 Å². The van der Waals surface area contributed by atoms with Crippen LogP contribution in [0.5, 0.6) is 0 Å². The highest BCUT2D eigenvalue weighted by Gasteiger charge is 2.32. The van der Waals surface area contributed by atoms with Gasteiger partial charge in [0.1, 0.15) is 0 Å². The molecule has 106 valence electrons. The first kappa shape index (κ1) is 14.3. The molecule has 1 saturated heterocycles. The predicted molar refractivity (Wildman–Crippen MR) is 77.8 cm³/mol. The maximum absolute atomic E-state index is 6.56. The number of hydrogen-bond donors (Lipinski definition) is 1. The van der Waals surface area contributed by atoms with Crippen molar-refractivity contribution < 1.29 is 0 Å². The summed E-state index contributed by atoms with van der Waals surface area (Å²) in [6.45, 7) is 12.8. The van der Waals surface area contributed by atoms with Crippen LogP contribution in [0.1, 0.15) is 52.9 Å². The first-order chi connectivity index (χ1) is 8.39. The van der Waals surface area contributed by atoms with Crippen molar-refractivity contribution in [2.24, 2.45) is 5.73 Å². The summed E-state index contributed by atoms with van der Waals surface area (Å²) in [6.07, 6.45) is 6.51. The predicted octanol–water partition coefficient (Wildman–Crippen LogP) is 2.06. The monoisotopic (exact) mass is 253 g/mol. The van der Waals surface area contributed by atoms with Crippen LogP contribution in [0, 0.1) is 0 Å². The fourth-order valence-corrected chi connectivity index (χ4v) is 3.44. The van der Waals surface area contributed by atoms with Gasteiger partial charge >= 0.3 is 0 Å². The summed E-state index contributed by atoms with van der Waals surface area (Å²) < 4.78 is 0. The number of nitrogens with zero attached hydrogens (tertiary/aromatic N) is 2. The third kappa shape index (κ3) is 3.69. The van der Waals surface area contributed by atoms with Crippen LogP contribution >= 0.6 is 0 Å². The summed E-state index contributed by atoms with van der Waals surface area (Å²) in [7, 11) is 0. The number of hydrogen-bond acceptors (Lipinski definition) is 3. The molecule has 0 unspecified atom stereocenters. The average Bonchev–Trinajstić information content (AvgIpc) is 2.29. The van der Waals surface area contributed by atoms with Gasteiger partial charge in [-0.05, 0) is 33.6 Å². The molecule has 0 aromatic carbocycles. The van der Waals surface area contributed by atoms with Gasteiger partial charge in [-0.15, -0.1) is 0 Å². The number of nitrogens with two attached hydrogens (primary N) is 1. The van der Waals surface area contributed by atoms with Crippen LogP contribution in [0.3, 0.4) is 0 Å². The summed E-state index contributed by atoms with van der Waals surface area (Å²) in [5.41, 5.74) is 6.99. The van der Waals surface area contributed by atoms with Gasteiger partial charge in [-0.1, -0.05) is 19.3 Å². The highest BCUT2D eigenvalue weighted by Crippen LogP contribution is 2.27. The molecule has 0 spiro atoms. The molecular weight excluding hydrogens is 222 g/mol. The van der Waals surface area contributed by atoms with E-state index in [9.17, 15) is 0 Å². The van der Waals surface area contributed by atoms with E-state index in [4.69, 9.17) is 5.73 Å². The van der Waals surface area contributed by atoms with Gasteiger partial charge in [0.2, 0.25) is 0 Å². The molecule has 1 heterocycles. The minimum Gasteiger partial charge on any atom is -0.324 e. The summed E-state index contributed by atoms with van der Waals surface area (Å²) in [6, 6.07) is 0.